The number of benzene rings is 5. The first-order chi connectivity index (χ1) is 22.0. The van der Waals surface area contributed by atoms with Crippen molar-refractivity contribution in [3.8, 4) is 33.8 Å². The van der Waals surface area contributed by atoms with E-state index in [0.29, 0.717) is 17.0 Å². The average molecular weight is 602 g/mol. The lowest BCUT2D eigenvalue weighted by Gasteiger charge is -2.19. The normalized spacial score (nSPS) is 17.8. The number of rotatable bonds is 8. The van der Waals surface area contributed by atoms with Gasteiger partial charge in [0.2, 0.25) is 0 Å². The first-order valence-electron chi connectivity index (χ1n) is 15.6. The van der Waals surface area contributed by atoms with Crippen molar-refractivity contribution in [3.63, 3.8) is 0 Å². The molecule has 0 aromatic heterocycles. The zero-order chi connectivity index (χ0) is 30.8. The first kappa shape index (κ1) is 29.0. The predicted molar refractivity (Wildman–Crippen MR) is 178 cm³/mol. The summed E-state index contributed by atoms with van der Waals surface area (Å²) in [7, 11) is 0. The van der Waals surface area contributed by atoms with Crippen molar-refractivity contribution >= 4 is 22.4 Å². The number of carbonyl (C=O) groups is 1. The fraction of sp³-hybridized carbons (Fsp3) is 0.237. The molecule has 5 aromatic rings. The number of anilines is 1. The van der Waals surface area contributed by atoms with Crippen LogP contribution in [-0.4, -0.2) is 44.3 Å². The lowest BCUT2D eigenvalue weighted by Crippen LogP contribution is -2.20. The minimum absolute atomic E-state index is 0.0583. The average Bonchev–Trinajstić information content (AvgIpc) is 3.77. The maximum Gasteiger partial charge on any atom is 0.255 e. The SMILES string of the molecule is Cc1ccc2cc(-c3cc(C(=O)Nc4ccc(O[C@H]5CCNC5)c(-c5ccc(F)cc5)c4)ccc3O[C@H]3CCNC3)ccc2c1. The summed E-state index contributed by atoms with van der Waals surface area (Å²) in [4.78, 5) is 13.7. The van der Waals surface area contributed by atoms with Crippen molar-refractivity contribution in [2.75, 3.05) is 31.5 Å². The third-order valence-electron chi connectivity index (χ3n) is 8.56. The van der Waals surface area contributed by atoms with Crippen LogP contribution in [0.25, 0.3) is 33.0 Å². The molecule has 5 aromatic carbocycles. The van der Waals surface area contributed by atoms with Gasteiger partial charge in [-0.3, -0.25) is 4.79 Å². The molecule has 2 saturated heterocycles. The number of aryl methyl sites for hydroxylation is 1. The van der Waals surface area contributed by atoms with Crippen molar-refractivity contribution < 1.29 is 18.7 Å². The Morgan fingerprint density at radius 2 is 1.33 bits per heavy atom. The minimum atomic E-state index is -0.306. The predicted octanol–water partition coefficient (Wildman–Crippen LogP) is 7.36. The lowest BCUT2D eigenvalue weighted by molar-refractivity contribution is 0.102. The molecule has 2 atom stereocenters. The topological polar surface area (TPSA) is 71.6 Å². The van der Waals surface area contributed by atoms with Gasteiger partial charge in [-0.2, -0.15) is 0 Å². The summed E-state index contributed by atoms with van der Waals surface area (Å²) >= 11 is 0. The van der Waals surface area contributed by atoms with Crippen molar-refractivity contribution in [1.29, 1.82) is 0 Å². The highest BCUT2D eigenvalue weighted by molar-refractivity contribution is 6.06. The first-order valence-corrected chi connectivity index (χ1v) is 15.6. The molecule has 0 aliphatic carbocycles. The van der Waals surface area contributed by atoms with Gasteiger partial charge in [0, 0.05) is 35.5 Å². The van der Waals surface area contributed by atoms with E-state index in [4.69, 9.17) is 9.47 Å². The van der Waals surface area contributed by atoms with Crippen LogP contribution in [0.5, 0.6) is 11.5 Å². The lowest BCUT2D eigenvalue weighted by atomic mass is 9.97. The highest BCUT2D eigenvalue weighted by atomic mass is 19.1. The molecule has 0 spiro atoms. The zero-order valence-corrected chi connectivity index (χ0v) is 25.2. The third kappa shape index (κ3) is 6.55. The molecule has 0 bridgehead atoms. The highest BCUT2D eigenvalue weighted by Gasteiger charge is 2.21. The van der Waals surface area contributed by atoms with E-state index >= 15 is 0 Å². The van der Waals surface area contributed by atoms with E-state index in [2.05, 4.69) is 59.3 Å². The standard InChI is InChI=1S/C38H36FN3O3/c1-24-2-3-27-19-28(5-4-26(27)18-24)34-20-29(8-12-36(34)44-32-14-16-40-22-32)38(43)42-31-11-13-37(45-33-15-17-41-23-33)35(21-31)25-6-9-30(39)10-7-25/h2-13,18-21,32-33,40-41H,14-17,22-23H2,1H3,(H,42,43)/t32-,33-/m0/s1. The molecule has 2 heterocycles. The summed E-state index contributed by atoms with van der Waals surface area (Å²) in [6.07, 6.45) is 1.99. The van der Waals surface area contributed by atoms with E-state index in [1.165, 1.54) is 23.1 Å². The molecule has 6 nitrogen and oxygen atoms in total. The van der Waals surface area contributed by atoms with E-state index in [9.17, 15) is 9.18 Å². The molecule has 7 heteroatoms. The summed E-state index contributed by atoms with van der Waals surface area (Å²) in [6.45, 7) is 5.50. The molecule has 3 N–H and O–H groups in total. The number of hydrogen-bond acceptors (Lipinski definition) is 5. The van der Waals surface area contributed by atoms with E-state index in [1.54, 1.807) is 12.1 Å². The van der Waals surface area contributed by atoms with Gasteiger partial charge >= 0.3 is 0 Å². The quantitative estimate of drug-likeness (QED) is 0.173. The maximum atomic E-state index is 13.8. The Hall–Kier alpha value is -4.72. The number of fused-ring (bicyclic) bond motifs is 1. The molecule has 2 fully saturated rings. The molecule has 1 amide bonds. The Labute approximate surface area is 262 Å². The van der Waals surface area contributed by atoms with Crippen molar-refractivity contribution in [3.05, 3.63) is 114 Å². The van der Waals surface area contributed by atoms with Crippen LogP contribution in [0, 0.1) is 12.7 Å². The van der Waals surface area contributed by atoms with Crippen LogP contribution in [0.2, 0.25) is 0 Å². The fourth-order valence-electron chi connectivity index (χ4n) is 6.12. The van der Waals surface area contributed by atoms with Crippen molar-refractivity contribution in [2.45, 2.75) is 32.0 Å². The van der Waals surface area contributed by atoms with Crippen LogP contribution in [0.1, 0.15) is 28.8 Å². The minimum Gasteiger partial charge on any atom is -0.488 e. The van der Waals surface area contributed by atoms with Gasteiger partial charge in [-0.25, -0.2) is 4.39 Å². The van der Waals surface area contributed by atoms with Gasteiger partial charge in [-0.15, -0.1) is 0 Å². The third-order valence-corrected chi connectivity index (χ3v) is 8.56. The van der Waals surface area contributed by atoms with Crippen LogP contribution in [0.3, 0.4) is 0 Å². The van der Waals surface area contributed by atoms with Gasteiger partial charge < -0.3 is 25.4 Å². The zero-order valence-electron chi connectivity index (χ0n) is 25.2. The van der Waals surface area contributed by atoms with Crippen LogP contribution in [-0.2, 0) is 0 Å². The maximum absolute atomic E-state index is 13.8. The Balaban J connectivity index is 1.20. The molecular weight excluding hydrogens is 565 g/mol. The smallest absolute Gasteiger partial charge is 0.255 e. The van der Waals surface area contributed by atoms with E-state index < -0.39 is 0 Å². The van der Waals surface area contributed by atoms with Crippen molar-refractivity contribution in [1.82, 2.24) is 10.6 Å². The van der Waals surface area contributed by atoms with Crippen LogP contribution >= 0.6 is 0 Å². The Morgan fingerprint density at radius 1 is 0.711 bits per heavy atom. The van der Waals surface area contributed by atoms with E-state index in [0.717, 1.165) is 72.4 Å². The number of carbonyl (C=O) groups excluding carboxylic acids is 1. The molecular formula is C38H36FN3O3. The largest absolute Gasteiger partial charge is 0.488 e. The van der Waals surface area contributed by atoms with Crippen LogP contribution in [0.4, 0.5) is 10.1 Å². The molecule has 45 heavy (non-hydrogen) atoms. The number of hydrogen-bond donors (Lipinski definition) is 3. The molecule has 2 aliphatic heterocycles. The molecule has 228 valence electrons. The Kier molecular flexibility index (Phi) is 8.20. The summed E-state index contributed by atoms with van der Waals surface area (Å²) in [5.41, 5.74) is 5.82. The summed E-state index contributed by atoms with van der Waals surface area (Å²) in [5.74, 6) is 0.915. The summed E-state index contributed by atoms with van der Waals surface area (Å²) in [5, 5.41) is 12.1. The summed E-state index contributed by atoms with van der Waals surface area (Å²) in [6, 6.07) is 30.3. The van der Waals surface area contributed by atoms with Gasteiger partial charge in [0.05, 0.1) is 0 Å². The van der Waals surface area contributed by atoms with Gasteiger partial charge in [0.1, 0.15) is 29.5 Å². The second kappa shape index (κ2) is 12.7. The molecule has 7 rings (SSSR count). The van der Waals surface area contributed by atoms with Gasteiger partial charge in [0.15, 0.2) is 0 Å². The Bertz CT molecular complexity index is 1840. The molecule has 0 unspecified atom stereocenters. The number of amides is 1. The van der Waals surface area contributed by atoms with Gasteiger partial charge in [-0.05, 0) is 109 Å². The van der Waals surface area contributed by atoms with Gasteiger partial charge in [-0.1, -0.05) is 48.0 Å². The monoisotopic (exact) mass is 601 g/mol. The molecule has 2 aliphatic rings. The summed E-state index contributed by atoms with van der Waals surface area (Å²) < 4.78 is 26.5. The second-order valence-electron chi connectivity index (χ2n) is 11.9. The fourth-order valence-corrected chi connectivity index (χ4v) is 6.12. The van der Waals surface area contributed by atoms with E-state index in [-0.39, 0.29) is 23.9 Å². The van der Waals surface area contributed by atoms with E-state index in [1.807, 2.05) is 36.4 Å². The molecule has 0 saturated carbocycles. The number of nitrogens with one attached hydrogen (secondary N) is 3. The van der Waals surface area contributed by atoms with Crippen LogP contribution < -0.4 is 25.4 Å². The molecule has 0 radical (unpaired) electrons. The number of halogens is 1. The van der Waals surface area contributed by atoms with Crippen molar-refractivity contribution in [2.24, 2.45) is 0 Å². The second-order valence-corrected chi connectivity index (χ2v) is 11.9. The van der Waals surface area contributed by atoms with Crippen LogP contribution in [0.15, 0.2) is 97.1 Å². The highest BCUT2D eigenvalue weighted by Crippen LogP contribution is 2.36. The number of ether oxygens (including phenoxy) is 2. The Morgan fingerprint density at radius 3 is 2.02 bits per heavy atom. The van der Waals surface area contributed by atoms with Gasteiger partial charge in [0.25, 0.3) is 5.91 Å².